The van der Waals surface area contributed by atoms with E-state index >= 15 is 0 Å². The van der Waals surface area contributed by atoms with Crippen molar-refractivity contribution >= 4 is 17.5 Å². The topological polar surface area (TPSA) is 80.7 Å². The molecule has 1 saturated heterocycles. The van der Waals surface area contributed by atoms with Crippen LogP contribution in [0.2, 0.25) is 0 Å². The normalized spacial score (nSPS) is 16.9. The van der Waals surface area contributed by atoms with E-state index in [1.165, 1.54) is 0 Å². The molecule has 2 amide bonds. The predicted octanol–water partition coefficient (Wildman–Crippen LogP) is 2.14. The number of nitrogens with zero attached hydrogens (tertiary/aromatic N) is 3. The van der Waals surface area contributed by atoms with Crippen molar-refractivity contribution < 1.29 is 9.59 Å². The third-order valence-electron chi connectivity index (χ3n) is 4.95. The third kappa shape index (κ3) is 3.06. The summed E-state index contributed by atoms with van der Waals surface area (Å²) in [4.78, 5) is 30.4. The summed E-state index contributed by atoms with van der Waals surface area (Å²) >= 11 is 0. The molecule has 1 aliphatic rings. The number of nitrogens with two attached hydrogens (primary N) is 1. The molecule has 6 nitrogen and oxygen atoms in total. The van der Waals surface area contributed by atoms with Gasteiger partial charge >= 0.3 is 0 Å². The van der Waals surface area contributed by atoms with E-state index in [1.807, 2.05) is 51.9 Å². The Labute approximate surface area is 151 Å². The summed E-state index contributed by atoms with van der Waals surface area (Å²) in [6.07, 6.45) is 5.28. The zero-order valence-electron chi connectivity index (χ0n) is 14.3. The maximum absolute atomic E-state index is 12.9. The minimum absolute atomic E-state index is 0.0112. The van der Waals surface area contributed by atoms with Gasteiger partial charge in [0.1, 0.15) is 11.3 Å². The Balaban J connectivity index is 1.46. The lowest BCUT2D eigenvalue weighted by Crippen LogP contribution is -2.29. The number of pyridine rings is 1. The Morgan fingerprint density at radius 1 is 1.19 bits per heavy atom. The Morgan fingerprint density at radius 3 is 2.92 bits per heavy atom. The van der Waals surface area contributed by atoms with Gasteiger partial charge < -0.3 is 10.6 Å². The number of rotatable bonds is 4. The average Bonchev–Trinajstić information content (AvgIpc) is 3.28. The van der Waals surface area contributed by atoms with Crippen molar-refractivity contribution in [3.8, 4) is 0 Å². The van der Waals surface area contributed by atoms with Crippen molar-refractivity contribution in [1.29, 1.82) is 0 Å². The number of imidazole rings is 1. The van der Waals surface area contributed by atoms with Crippen molar-refractivity contribution in [2.45, 2.75) is 12.8 Å². The van der Waals surface area contributed by atoms with E-state index in [0.29, 0.717) is 23.7 Å². The molecule has 132 valence electrons. The molecular formula is C20H20N4O2. The van der Waals surface area contributed by atoms with Crippen LogP contribution in [-0.2, 0) is 6.42 Å². The fraction of sp³-hybridized carbons (Fsp3) is 0.250. The SMILES string of the molecule is NC(=O)c1cccc(C[C@@H]2CCN(C(=O)c3cnc4ccccn34)C2)c1. The minimum Gasteiger partial charge on any atom is -0.366 e. The van der Waals surface area contributed by atoms with E-state index in [4.69, 9.17) is 5.73 Å². The molecule has 26 heavy (non-hydrogen) atoms. The van der Waals surface area contributed by atoms with Crippen LogP contribution in [0.25, 0.3) is 5.65 Å². The highest BCUT2D eigenvalue weighted by atomic mass is 16.2. The molecule has 0 saturated carbocycles. The first-order chi connectivity index (χ1) is 12.6. The van der Waals surface area contributed by atoms with Crippen molar-refractivity contribution in [3.63, 3.8) is 0 Å². The fourth-order valence-electron chi connectivity index (χ4n) is 3.62. The molecular weight excluding hydrogens is 328 g/mol. The van der Waals surface area contributed by atoms with Gasteiger partial charge in [0.15, 0.2) is 0 Å². The third-order valence-corrected chi connectivity index (χ3v) is 4.95. The van der Waals surface area contributed by atoms with E-state index in [0.717, 1.165) is 30.6 Å². The van der Waals surface area contributed by atoms with Crippen LogP contribution < -0.4 is 5.73 Å². The van der Waals surface area contributed by atoms with Gasteiger partial charge in [-0.05, 0) is 48.6 Å². The van der Waals surface area contributed by atoms with Crippen molar-refractivity contribution in [3.05, 3.63) is 71.7 Å². The second kappa shape index (κ2) is 6.63. The van der Waals surface area contributed by atoms with Crippen LogP contribution in [0.5, 0.6) is 0 Å². The van der Waals surface area contributed by atoms with E-state index in [9.17, 15) is 9.59 Å². The number of fused-ring (bicyclic) bond motifs is 1. The lowest BCUT2D eigenvalue weighted by molar-refractivity contribution is 0.0780. The molecule has 2 N–H and O–H groups in total. The first-order valence-electron chi connectivity index (χ1n) is 8.72. The van der Waals surface area contributed by atoms with Crippen LogP contribution in [0.1, 0.15) is 32.8 Å². The van der Waals surface area contributed by atoms with Crippen LogP contribution in [0, 0.1) is 5.92 Å². The van der Waals surface area contributed by atoms with Gasteiger partial charge in [-0.15, -0.1) is 0 Å². The Hall–Kier alpha value is -3.15. The largest absolute Gasteiger partial charge is 0.366 e. The second-order valence-corrected chi connectivity index (χ2v) is 6.75. The number of aromatic nitrogens is 2. The van der Waals surface area contributed by atoms with Gasteiger partial charge in [0.2, 0.25) is 5.91 Å². The summed E-state index contributed by atoms with van der Waals surface area (Å²) in [5, 5.41) is 0. The van der Waals surface area contributed by atoms with Gasteiger partial charge in [0.05, 0.1) is 6.20 Å². The van der Waals surface area contributed by atoms with Crippen LogP contribution in [0.4, 0.5) is 0 Å². The van der Waals surface area contributed by atoms with E-state index < -0.39 is 5.91 Å². The van der Waals surface area contributed by atoms with E-state index in [1.54, 1.807) is 12.3 Å². The highest BCUT2D eigenvalue weighted by Crippen LogP contribution is 2.23. The number of hydrogen-bond donors (Lipinski definition) is 1. The number of likely N-dealkylation sites (tertiary alicyclic amines) is 1. The summed E-state index contributed by atoms with van der Waals surface area (Å²) in [6.45, 7) is 1.44. The Morgan fingerprint density at radius 2 is 2.08 bits per heavy atom. The summed E-state index contributed by atoms with van der Waals surface area (Å²) in [6, 6.07) is 13.1. The molecule has 1 fully saturated rings. The molecule has 4 rings (SSSR count). The smallest absolute Gasteiger partial charge is 0.272 e. The number of carbonyl (C=O) groups is 2. The monoisotopic (exact) mass is 348 g/mol. The number of benzene rings is 1. The van der Waals surface area contributed by atoms with Gasteiger partial charge in [-0.2, -0.15) is 0 Å². The fourth-order valence-corrected chi connectivity index (χ4v) is 3.62. The summed E-state index contributed by atoms with van der Waals surface area (Å²) < 4.78 is 1.83. The zero-order valence-corrected chi connectivity index (χ0v) is 14.3. The predicted molar refractivity (Wildman–Crippen MR) is 97.9 cm³/mol. The molecule has 3 aromatic rings. The zero-order chi connectivity index (χ0) is 18.1. The Bertz CT molecular complexity index is 979. The van der Waals surface area contributed by atoms with Gasteiger partial charge in [0, 0.05) is 24.8 Å². The maximum atomic E-state index is 12.9. The molecule has 1 aromatic carbocycles. The molecule has 0 unspecified atom stereocenters. The lowest BCUT2D eigenvalue weighted by Gasteiger charge is -2.16. The summed E-state index contributed by atoms with van der Waals surface area (Å²) in [7, 11) is 0. The number of amides is 2. The van der Waals surface area contributed by atoms with Gasteiger partial charge in [-0.1, -0.05) is 18.2 Å². The molecule has 1 aliphatic heterocycles. The molecule has 0 aliphatic carbocycles. The van der Waals surface area contributed by atoms with Crippen molar-refractivity contribution in [2.75, 3.05) is 13.1 Å². The highest BCUT2D eigenvalue weighted by Gasteiger charge is 2.28. The second-order valence-electron chi connectivity index (χ2n) is 6.75. The molecule has 0 radical (unpaired) electrons. The molecule has 0 bridgehead atoms. The first-order valence-corrected chi connectivity index (χ1v) is 8.72. The molecule has 6 heteroatoms. The number of primary amides is 1. The quantitative estimate of drug-likeness (QED) is 0.784. The van der Waals surface area contributed by atoms with Gasteiger partial charge in [-0.3, -0.25) is 14.0 Å². The molecule has 3 heterocycles. The van der Waals surface area contributed by atoms with Gasteiger partial charge in [-0.25, -0.2) is 4.98 Å². The highest BCUT2D eigenvalue weighted by molar-refractivity contribution is 5.93. The summed E-state index contributed by atoms with van der Waals surface area (Å²) in [5.41, 5.74) is 8.33. The van der Waals surface area contributed by atoms with Crippen LogP contribution in [0.15, 0.2) is 54.9 Å². The molecule has 2 aromatic heterocycles. The van der Waals surface area contributed by atoms with Crippen molar-refractivity contribution in [2.24, 2.45) is 11.7 Å². The van der Waals surface area contributed by atoms with Crippen LogP contribution in [0.3, 0.4) is 0 Å². The van der Waals surface area contributed by atoms with E-state index in [2.05, 4.69) is 4.98 Å². The number of hydrogen-bond acceptors (Lipinski definition) is 3. The lowest BCUT2D eigenvalue weighted by atomic mass is 9.97. The number of carbonyl (C=O) groups excluding carboxylic acids is 2. The minimum atomic E-state index is -0.414. The molecule has 1 atom stereocenters. The maximum Gasteiger partial charge on any atom is 0.272 e. The van der Waals surface area contributed by atoms with Gasteiger partial charge in [0.25, 0.3) is 5.91 Å². The van der Waals surface area contributed by atoms with Crippen LogP contribution in [-0.4, -0.2) is 39.2 Å². The first kappa shape index (κ1) is 16.3. The average molecular weight is 348 g/mol. The Kier molecular flexibility index (Phi) is 4.16. The standard InChI is InChI=1S/C20H20N4O2/c21-19(25)16-5-3-4-14(11-16)10-15-7-9-23(13-15)20(26)17-12-22-18-6-1-2-8-24(17)18/h1-6,8,11-12,15H,7,9-10,13H2,(H2,21,25)/t15-/m0/s1. The molecule has 0 spiro atoms. The van der Waals surface area contributed by atoms with Crippen LogP contribution >= 0.6 is 0 Å². The van der Waals surface area contributed by atoms with Crippen molar-refractivity contribution in [1.82, 2.24) is 14.3 Å². The summed E-state index contributed by atoms with van der Waals surface area (Å²) in [5.74, 6) is -0.0268. The van der Waals surface area contributed by atoms with E-state index in [-0.39, 0.29) is 5.91 Å².